The number of rotatable bonds is 14. The molecule has 200 valence electrons. The number of carbonyl (C=O) groups is 3. The Hall–Kier alpha value is -3.52. The number of unbranched alkanes of at least 4 members (excludes halogenated alkanes) is 1. The van der Waals surface area contributed by atoms with Crippen molar-refractivity contribution < 1.29 is 24.3 Å². The highest BCUT2D eigenvalue weighted by Crippen LogP contribution is 2.29. The lowest BCUT2D eigenvalue weighted by Gasteiger charge is -2.15. The van der Waals surface area contributed by atoms with Crippen molar-refractivity contribution >= 4 is 50.9 Å². The lowest BCUT2D eigenvalue weighted by atomic mass is 10.1. The molecule has 1 unspecified atom stereocenters. The lowest BCUT2D eigenvalue weighted by Crippen LogP contribution is -2.38. The molecule has 0 saturated heterocycles. The van der Waals surface area contributed by atoms with Crippen LogP contribution in [0.3, 0.4) is 0 Å². The standard InChI is InChI=1S/C28H31N3O5S2/c1-2-3-16-36-21-11-13-22(14-12-21)38-25(28(34)31-35)10-6-7-15-29-27(33)18-30-26(32)17-20-19-37-24-9-5-4-8-23(20)24/h4-5,8-9,11-14,19,25,35H,6-7,10,15-18H2,1H3,(H,29,33)(H,30,32)(H,31,34). The molecule has 0 aliphatic heterocycles. The van der Waals surface area contributed by atoms with E-state index in [4.69, 9.17) is 9.94 Å². The van der Waals surface area contributed by atoms with Crippen molar-refractivity contribution in [3.8, 4) is 17.6 Å². The molecule has 0 aliphatic carbocycles. The van der Waals surface area contributed by atoms with E-state index < -0.39 is 11.2 Å². The van der Waals surface area contributed by atoms with Crippen LogP contribution in [-0.2, 0) is 20.8 Å². The SMILES string of the molecule is CC#CCOc1ccc(SC(CCCCNC(=O)CNC(=O)Cc2csc3ccccc23)C(=O)NO)cc1. The summed E-state index contributed by atoms with van der Waals surface area (Å²) in [6.07, 6.45) is 2.07. The topological polar surface area (TPSA) is 117 Å². The predicted molar refractivity (Wildman–Crippen MR) is 150 cm³/mol. The highest BCUT2D eigenvalue weighted by molar-refractivity contribution is 8.00. The molecule has 0 saturated carbocycles. The summed E-state index contributed by atoms with van der Waals surface area (Å²) in [7, 11) is 0. The first-order chi connectivity index (χ1) is 18.5. The molecule has 38 heavy (non-hydrogen) atoms. The zero-order valence-corrected chi connectivity index (χ0v) is 22.8. The lowest BCUT2D eigenvalue weighted by molar-refractivity contribution is -0.128. The summed E-state index contributed by atoms with van der Waals surface area (Å²) in [5.41, 5.74) is 2.69. The highest BCUT2D eigenvalue weighted by atomic mass is 32.2. The number of ether oxygens (including phenoxy) is 1. The van der Waals surface area contributed by atoms with E-state index >= 15 is 0 Å². The molecule has 4 N–H and O–H groups in total. The quantitative estimate of drug-likeness (QED) is 0.0791. The van der Waals surface area contributed by atoms with Crippen LogP contribution in [0.4, 0.5) is 0 Å². The molecule has 1 aromatic heterocycles. The third-order valence-electron chi connectivity index (χ3n) is 5.57. The van der Waals surface area contributed by atoms with Crippen molar-refractivity contribution in [2.45, 2.75) is 42.8 Å². The van der Waals surface area contributed by atoms with Gasteiger partial charge in [0.05, 0.1) is 18.2 Å². The Morgan fingerprint density at radius 2 is 1.84 bits per heavy atom. The van der Waals surface area contributed by atoms with E-state index in [0.29, 0.717) is 38.2 Å². The maximum Gasteiger partial charge on any atom is 0.256 e. The minimum atomic E-state index is -0.485. The Labute approximate surface area is 230 Å². The summed E-state index contributed by atoms with van der Waals surface area (Å²) in [6.45, 7) is 2.40. The van der Waals surface area contributed by atoms with Crippen LogP contribution < -0.4 is 20.9 Å². The Morgan fingerprint density at radius 1 is 1.05 bits per heavy atom. The smallest absolute Gasteiger partial charge is 0.256 e. The van der Waals surface area contributed by atoms with Gasteiger partial charge in [-0.1, -0.05) is 30.5 Å². The van der Waals surface area contributed by atoms with E-state index in [1.165, 1.54) is 11.8 Å². The molecule has 1 atom stereocenters. The van der Waals surface area contributed by atoms with Gasteiger partial charge in [0.1, 0.15) is 12.4 Å². The van der Waals surface area contributed by atoms with E-state index in [1.54, 1.807) is 23.7 Å². The number of amides is 3. The van der Waals surface area contributed by atoms with Crippen LogP contribution >= 0.6 is 23.1 Å². The second kappa shape index (κ2) is 15.7. The first kappa shape index (κ1) is 29.0. The average molecular weight is 554 g/mol. The van der Waals surface area contributed by atoms with Crippen LogP contribution in [0.1, 0.15) is 31.7 Å². The Morgan fingerprint density at radius 3 is 2.61 bits per heavy atom. The highest BCUT2D eigenvalue weighted by Gasteiger charge is 2.19. The molecule has 3 aromatic rings. The molecule has 0 radical (unpaired) electrons. The van der Waals surface area contributed by atoms with Crippen LogP contribution in [0.5, 0.6) is 5.75 Å². The Balaban J connectivity index is 1.34. The number of thiophene rings is 1. The van der Waals surface area contributed by atoms with Gasteiger partial charge >= 0.3 is 0 Å². The first-order valence-corrected chi connectivity index (χ1v) is 14.0. The van der Waals surface area contributed by atoms with Crippen molar-refractivity contribution in [3.63, 3.8) is 0 Å². The van der Waals surface area contributed by atoms with Gasteiger partial charge in [-0.3, -0.25) is 19.6 Å². The fraction of sp³-hybridized carbons (Fsp3) is 0.321. The molecule has 1 heterocycles. The number of hydrogen-bond acceptors (Lipinski definition) is 7. The number of carbonyl (C=O) groups excluding carboxylic acids is 3. The number of hydroxylamine groups is 1. The molecular formula is C28H31N3O5S2. The maximum atomic E-state index is 12.3. The largest absolute Gasteiger partial charge is 0.481 e. The summed E-state index contributed by atoms with van der Waals surface area (Å²) in [4.78, 5) is 37.4. The predicted octanol–water partition coefficient (Wildman–Crippen LogP) is 3.91. The second-order valence-electron chi connectivity index (χ2n) is 8.33. The number of nitrogens with one attached hydrogen (secondary N) is 3. The van der Waals surface area contributed by atoms with Gasteiger partial charge in [0.25, 0.3) is 5.91 Å². The molecule has 0 fully saturated rings. The number of fused-ring (bicyclic) bond motifs is 1. The van der Waals surface area contributed by atoms with Crippen LogP contribution in [0.25, 0.3) is 10.1 Å². The monoisotopic (exact) mass is 553 g/mol. The van der Waals surface area contributed by atoms with E-state index in [0.717, 1.165) is 20.5 Å². The number of thioether (sulfide) groups is 1. The number of benzene rings is 2. The minimum absolute atomic E-state index is 0.0863. The van der Waals surface area contributed by atoms with Gasteiger partial charge < -0.3 is 15.4 Å². The second-order valence-corrected chi connectivity index (χ2v) is 10.5. The Kier molecular flexibility index (Phi) is 12.0. The van der Waals surface area contributed by atoms with Crippen molar-refractivity contribution in [2.24, 2.45) is 0 Å². The molecule has 2 aromatic carbocycles. The maximum absolute atomic E-state index is 12.3. The van der Waals surface area contributed by atoms with E-state index in [1.807, 2.05) is 53.9 Å². The third kappa shape index (κ3) is 9.41. The summed E-state index contributed by atoms with van der Waals surface area (Å²) in [6, 6.07) is 15.2. The molecule has 0 spiro atoms. The van der Waals surface area contributed by atoms with Gasteiger partial charge in [0.2, 0.25) is 11.8 Å². The molecule has 0 bridgehead atoms. The van der Waals surface area contributed by atoms with Gasteiger partial charge in [0.15, 0.2) is 0 Å². The van der Waals surface area contributed by atoms with Crippen molar-refractivity contribution in [1.29, 1.82) is 0 Å². The fourth-order valence-corrected chi connectivity index (χ4v) is 5.64. The molecular weight excluding hydrogens is 522 g/mol. The van der Waals surface area contributed by atoms with E-state index in [-0.39, 0.29) is 24.8 Å². The zero-order chi connectivity index (χ0) is 27.2. The summed E-state index contributed by atoms with van der Waals surface area (Å²) in [5.74, 6) is 5.34. The Bertz CT molecular complexity index is 1280. The fourth-order valence-electron chi connectivity index (χ4n) is 3.61. The summed E-state index contributed by atoms with van der Waals surface area (Å²) >= 11 is 2.94. The van der Waals surface area contributed by atoms with E-state index in [9.17, 15) is 14.4 Å². The van der Waals surface area contributed by atoms with E-state index in [2.05, 4.69) is 22.5 Å². The van der Waals surface area contributed by atoms with Crippen LogP contribution in [0.15, 0.2) is 58.8 Å². The van der Waals surface area contributed by atoms with Gasteiger partial charge in [-0.25, -0.2) is 5.48 Å². The first-order valence-electron chi connectivity index (χ1n) is 12.2. The van der Waals surface area contributed by atoms with Gasteiger partial charge in [-0.05, 0) is 66.4 Å². The van der Waals surface area contributed by atoms with Crippen LogP contribution in [0.2, 0.25) is 0 Å². The van der Waals surface area contributed by atoms with Gasteiger partial charge in [-0.2, -0.15) is 0 Å². The van der Waals surface area contributed by atoms with Gasteiger partial charge in [0, 0.05) is 16.1 Å². The summed E-state index contributed by atoms with van der Waals surface area (Å²) < 4.78 is 6.63. The normalized spacial score (nSPS) is 11.2. The third-order valence-corrected chi connectivity index (χ3v) is 7.86. The van der Waals surface area contributed by atoms with Crippen molar-refractivity contribution in [1.82, 2.24) is 16.1 Å². The number of hydrogen-bond donors (Lipinski definition) is 4. The zero-order valence-electron chi connectivity index (χ0n) is 21.1. The molecule has 3 amide bonds. The van der Waals surface area contributed by atoms with Crippen LogP contribution in [0, 0.1) is 11.8 Å². The van der Waals surface area contributed by atoms with Crippen LogP contribution in [-0.4, -0.2) is 47.9 Å². The molecule has 0 aliphatic rings. The average Bonchev–Trinajstić information content (AvgIpc) is 3.34. The molecule has 3 rings (SSSR count). The minimum Gasteiger partial charge on any atom is -0.481 e. The van der Waals surface area contributed by atoms with Crippen molar-refractivity contribution in [3.05, 3.63) is 59.5 Å². The van der Waals surface area contributed by atoms with Crippen molar-refractivity contribution in [2.75, 3.05) is 19.7 Å². The van der Waals surface area contributed by atoms with Gasteiger partial charge in [-0.15, -0.1) is 29.0 Å². The molecule has 8 nitrogen and oxygen atoms in total. The molecule has 10 heteroatoms. The summed E-state index contributed by atoms with van der Waals surface area (Å²) in [5, 5.41) is 17.1.